The van der Waals surface area contributed by atoms with Crippen LogP contribution in [-0.4, -0.2) is 20.3 Å². The quantitative estimate of drug-likeness (QED) is 0.811. The van der Waals surface area contributed by atoms with Crippen LogP contribution in [0.5, 0.6) is 0 Å². The first-order valence-corrected chi connectivity index (χ1v) is 8.32. The molecule has 1 unspecified atom stereocenters. The zero-order valence-corrected chi connectivity index (χ0v) is 13.1. The summed E-state index contributed by atoms with van der Waals surface area (Å²) in [6.45, 7) is 2.13. The fraction of sp³-hybridized carbons (Fsp3) is 0.500. The average molecular weight is 367 g/mol. The fourth-order valence-corrected chi connectivity index (χ4v) is 4.52. The molecule has 1 aromatic heterocycles. The molecule has 0 radical (unpaired) electrons. The second-order valence-corrected chi connectivity index (χ2v) is 8.67. The molecule has 16 heavy (non-hydrogen) atoms. The van der Waals surface area contributed by atoms with Crippen LogP contribution < -0.4 is 4.72 Å². The molecule has 0 bridgehead atoms. The van der Waals surface area contributed by atoms with E-state index in [1.54, 1.807) is 0 Å². The molecule has 0 spiro atoms. The minimum absolute atomic E-state index is 0.0543. The molecule has 0 fully saturated rings. The lowest BCUT2D eigenvalue weighted by Gasteiger charge is -2.05. The summed E-state index contributed by atoms with van der Waals surface area (Å²) in [4.78, 5) is 0. The SMILES string of the molecule is CC(Cl)CCNS(=O)(=O)c1cc(Cl)c(Br)s1. The van der Waals surface area contributed by atoms with Crippen LogP contribution in [0.4, 0.5) is 0 Å². The molecule has 0 amide bonds. The second-order valence-electron chi connectivity index (χ2n) is 3.15. The molecule has 0 saturated carbocycles. The maximum absolute atomic E-state index is 11.8. The van der Waals surface area contributed by atoms with Crippen molar-refractivity contribution in [1.82, 2.24) is 4.72 Å². The Morgan fingerprint density at radius 1 is 1.62 bits per heavy atom. The third-order valence-corrected chi connectivity index (χ3v) is 6.35. The highest BCUT2D eigenvalue weighted by molar-refractivity contribution is 9.11. The topological polar surface area (TPSA) is 46.2 Å². The third-order valence-electron chi connectivity index (χ3n) is 1.72. The first-order valence-electron chi connectivity index (χ1n) is 4.41. The van der Waals surface area contributed by atoms with Crippen LogP contribution in [0.3, 0.4) is 0 Å². The van der Waals surface area contributed by atoms with Crippen LogP contribution in [0.25, 0.3) is 0 Å². The number of hydrogen-bond acceptors (Lipinski definition) is 3. The van der Waals surface area contributed by atoms with Gasteiger partial charge in [0, 0.05) is 11.9 Å². The van der Waals surface area contributed by atoms with Gasteiger partial charge in [0.2, 0.25) is 10.0 Å². The van der Waals surface area contributed by atoms with Gasteiger partial charge >= 0.3 is 0 Å². The van der Waals surface area contributed by atoms with Gasteiger partial charge in [-0.15, -0.1) is 22.9 Å². The van der Waals surface area contributed by atoms with E-state index in [1.165, 1.54) is 6.07 Å². The molecule has 0 aromatic carbocycles. The molecule has 3 nitrogen and oxygen atoms in total. The summed E-state index contributed by atoms with van der Waals surface area (Å²) in [6.07, 6.45) is 0.584. The Labute approximate surface area is 117 Å². The van der Waals surface area contributed by atoms with E-state index in [2.05, 4.69) is 20.7 Å². The van der Waals surface area contributed by atoms with Gasteiger partial charge in [0.05, 0.1) is 8.81 Å². The normalized spacial score (nSPS) is 14.0. The van der Waals surface area contributed by atoms with Crippen LogP contribution >= 0.6 is 50.5 Å². The monoisotopic (exact) mass is 365 g/mol. The summed E-state index contributed by atoms with van der Waals surface area (Å²) < 4.78 is 26.8. The van der Waals surface area contributed by atoms with Crippen molar-refractivity contribution in [2.45, 2.75) is 22.9 Å². The van der Waals surface area contributed by atoms with Crippen molar-refractivity contribution in [3.63, 3.8) is 0 Å². The largest absolute Gasteiger partial charge is 0.250 e. The molecule has 1 atom stereocenters. The minimum Gasteiger partial charge on any atom is -0.210 e. The van der Waals surface area contributed by atoms with Crippen LogP contribution in [0.2, 0.25) is 5.02 Å². The molecular formula is C8H10BrCl2NO2S2. The number of alkyl halides is 1. The van der Waals surface area contributed by atoms with Crippen molar-refractivity contribution in [1.29, 1.82) is 0 Å². The van der Waals surface area contributed by atoms with E-state index in [9.17, 15) is 8.42 Å². The van der Waals surface area contributed by atoms with Crippen molar-refractivity contribution in [2.75, 3.05) is 6.54 Å². The lowest BCUT2D eigenvalue weighted by atomic mass is 10.3. The van der Waals surface area contributed by atoms with Gasteiger partial charge in [-0.05, 0) is 35.3 Å². The third kappa shape index (κ3) is 4.16. The van der Waals surface area contributed by atoms with E-state index in [-0.39, 0.29) is 9.59 Å². The van der Waals surface area contributed by atoms with E-state index < -0.39 is 10.0 Å². The van der Waals surface area contributed by atoms with E-state index in [1.807, 2.05) is 6.92 Å². The summed E-state index contributed by atoms with van der Waals surface area (Å²) in [6, 6.07) is 1.42. The number of sulfonamides is 1. The van der Waals surface area contributed by atoms with Gasteiger partial charge in [-0.2, -0.15) is 0 Å². The predicted molar refractivity (Wildman–Crippen MR) is 72.1 cm³/mol. The van der Waals surface area contributed by atoms with Gasteiger partial charge in [0.1, 0.15) is 4.21 Å². The van der Waals surface area contributed by atoms with Crippen LogP contribution in [-0.2, 0) is 10.0 Å². The zero-order valence-electron chi connectivity index (χ0n) is 8.34. The molecular weight excluding hydrogens is 357 g/mol. The summed E-state index contributed by atoms with van der Waals surface area (Å²) in [7, 11) is -3.46. The molecule has 1 heterocycles. The van der Waals surface area contributed by atoms with Gasteiger partial charge < -0.3 is 0 Å². The van der Waals surface area contributed by atoms with Crippen LogP contribution in [0.1, 0.15) is 13.3 Å². The van der Waals surface area contributed by atoms with Crippen molar-refractivity contribution < 1.29 is 8.42 Å². The minimum atomic E-state index is -3.46. The molecule has 8 heteroatoms. The van der Waals surface area contributed by atoms with Crippen molar-refractivity contribution >= 4 is 60.5 Å². The van der Waals surface area contributed by atoms with Gasteiger partial charge in [0.15, 0.2) is 0 Å². The molecule has 1 aromatic rings. The van der Waals surface area contributed by atoms with E-state index in [0.29, 0.717) is 21.8 Å². The zero-order chi connectivity index (χ0) is 12.3. The standard InChI is InChI=1S/C8H10BrCl2NO2S2/c1-5(10)2-3-12-16(13,14)7-4-6(11)8(9)15-7/h4-5,12H,2-3H2,1H3. The highest BCUT2D eigenvalue weighted by Crippen LogP contribution is 2.34. The fourth-order valence-electron chi connectivity index (χ4n) is 0.922. The number of hydrogen-bond donors (Lipinski definition) is 1. The highest BCUT2D eigenvalue weighted by Gasteiger charge is 2.18. The summed E-state index contributed by atoms with van der Waals surface area (Å²) in [5.74, 6) is 0. The Morgan fingerprint density at radius 3 is 2.69 bits per heavy atom. The molecule has 0 aliphatic rings. The molecule has 0 aliphatic carbocycles. The van der Waals surface area contributed by atoms with E-state index >= 15 is 0 Å². The molecule has 0 saturated heterocycles. The van der Waals surface area contributed by atoms with E-state index in [4.69, 9.17) is 23.2 Å². The number of rotatable bonds is 5. The lowest BCUT2D eigenvalue weighted by Crippen LogP contribution is -2.25. The molecule has 0 aliphatic heterocycles. The molecule has 92 valence electrons. The number of halogens is 3. The Bertz CT molecular complexity index is 439. The molecule has 1 N–H and O–H groups in total. The predicted octanol–water partition coefficient (Wildman–Crippen LogP) is 3.46. The van der Waals surface area contributed by atoms with Crippen molar-refractivity contribution in [2.24, 2.45) is 0 Å². The number of nitrogens with one attached hydrogen (secondary N) is 1. The van der Waals surface area contributed by atoms with E-state index in [0.717, 1.165) is 11.3 Å². The van der Waals surface area contributed by atoms with Gasteiger partial charge in [-0.1, -0.05) is 11.6 Å². The summed E-state index contributed by atoms with van der Waals surface area (Å²) in [5.41, 5.74) is 0. The van der Waals surface area contributed by atoms with Crippen molar-refractivity contribution in [3.05, 3.63) is 14.9 Å². The highest BCUT2D eigenvalue weighted by atomic mass is 79.9. The van der Waals surface area contributed by atoms with Gasteiger partial charge in [-0.25, -0.2) is 13.1 Å². The Hall–Kier alpha value is 0.670. The van der Waals surface area contributed by atoms with Crippen LogP contribution in [0, 0.1) is 0 Å². The van der Waals surface area contributed by atoms with Gasteiger partial charge in [-0.3, -0.25) is 0 Å². The molecule has 1 rings (SSSR count). The Morgan fingerprint density at radius 2 is 2.25 bits per heavy atom. The first-order chi connectivity index (χ1) is 7.33. The smallest absolute Gasteiger partial charge is 0.210 e. The summed E-state index contributed by atoms with van der Waals surface area (Å²) in [5, 5.41) is 0.345. The maximum atomic E-state index is 11.8. The lowest BCUT2D eigenvalue weighted by molar-refractivity contribution is 0.581. The number of thiophene rings is 1. The van der Waals surface area contributed by atoms with Crippen molar-refractivity contribution in [3.8, 4) is 0 Å². The van der Waals surface area contributed by atoms with Gasteiger partial charge in [0.25, 0.3) is 0 Å². The first kappa shape index (κ1) is 14.7. The summed E-state index contributed by atoms with van der Waals surface area (Å²) >= 11 is 15.7. The Balaban J connectivity index is 2.71. The van der Waals surface area contributed by atoms with Crippen LogP contribution in [0.15, 0.2) is 14.1 Å². The average Bonchev–Trinajstić information content (AvgIpc) is 2.46. The Kier molecular flexibility index (Phi) is 5.54. The second kappa shape index (κ2) is 6.02. The maximum Gasteiger partial charge on any atom is 0.250 e.